The molecule has 0 unspecified atom stereocenters. The Hall–Kier alpha value is -2.79. The molecule has 3 N–H and O–H groups in total. The highest BCUT2D eigenvalue weighted by molar-refractivity contribution is 5.98. The first-order valence-electron chi connectivity index (χ1n) is 8.94. The summed E-state index contributed by atoms with van der Waals surface area (Å²) < 4.78 is 0. The molecule has 1 aromatic heterocycles. The van der Waals surface area contributed by atoms with Crippen molar-refractivity contribution in [3.8, 4) is 0 Å². The summed E-state index contributed by atoms with van der Waals surface area (Å²) in [7, 11) is 1.97. The van der Waals surface area contributed by atoms with Crippen molar-refractivity contribution in [3.63, 3.8) is 0 Å². The topological polar surface area (TPSA) is 68.4 Å². The number of nitrogens with zero attached hydrogens (tertiary/aromatic N) is 1. The summed E-state index contributed by atoms with van der Waals surface area (Å²) in [6.45, 7) is -0.0810. The quantitative estimate of drug-likeness (QED) is 0.679. The Morgan fingerprint density at radius 3 is 2.73 bits per heavy atom. The monoisotopic (exact) mass is 349 g/mol. The average molecular weight is 349 g/mol. The first-order chi connectivity index (χ1) is 12.7. The van der Waals surface area contributed by atoms with E-state index in [1.807, 2.05) is 55.7 Å². The first-order valence-corrected chi connectivity index (χ1v) is 8.94. The van der Waals surface area contributed by atoms with Crippen LogP contribution in [0.1, 0.15) is 11.1 Å². The third kappa shape index (κ3) is 2.95. The number of benzene rings is 2. The van der Waals surface area contributed by atoms with Gasteiger partial charge < -0.3 is 20.3 Å². The fourth-order valence-electron chi connectivity index (χ4n) is 3.82. The lowest BCUT2D eigenvalue weighted by Crippen LogP contribution is -2.50. The van der Waals surface area contributed by atoms with Crippen molar-refractivity contribution in [1.29, 1.82) is 0 Å². The zero-order chi connectivity index (χ0) is 18.1. The number of hydrogen-bond donors (Lipinski definition) is 3. The molecule has 4 rings (SSSR count). The van der Waals surface area contributed by atoms with Gasteiger partial charge in [0, 0.05) is 36.3 Å². The molecule has 1 amide bonds. The number of carbonyl (C=O) groups is 1. The van der Waals surface area contributed by atoms with Crippen molar-refractivity contribution < 1.29 is 9.90 Å². The maximum atomic E-state index is 13.0. The minimum atomic E-state index is -0.349. The largest absolute Gasteiger partial charge is 0.394 e. The number of aliphatic hydroxyl groups excluding tert-OH is 1. The number of aliphatic hydroxyl groups is 1. The minimum absolute atomic E-state index is 0.0541. The molecule has 3 aromatic rings. The van der Waals surface area contributed by atoms with Gasteiger partial charge in [-0.25, -0.2) is 0 Å². The summed E-state index contributed by atoms with van der Waals surface area (Å²) in [5, 5.41) is 13.9. The molecule has 134 valence electrons. The molecular formula is C21H23N3O2. The van der Waals surface area contributed by atoms with E-state index in [0.29, 0.717) is 12.8 Å². The number of anilines is 1. The van der Waals surface area contributed by atoms with E-state index in [-0.39, 0.29) is 24.6 Å². The molecule has 26 heavy (non-hydrogen) atoms. The van der Waals surface area contributed by atoms with E-state index in [1.165, 1.54) is 0 Å². The third-order valence-corrected chi connectivity index (χ3v) is 5.22. The second kappa shape index (κ2) is 6.84. The van der Waals surface area contributed by atoms with E-state index >= 15 is 0 Å². The highest BCUT2D eigenvalue weighted by Gasteiger charge is 2.29. The molecular weight excluding hydrogens is 326 g/mol. The Balaban J connectivity index is 1.81. The van der Waals surface area contributed by atoms with Crippen molar-refractivity contribution in [2.24, 2.45) is 0 Å². The van der Waals surface area contributed by atoms with Gasteiger partial charge in [-0.2, -0.15) is 0 Å². The van der Waals surface area contributed by atoms with E-state index < -0.39 is 0 Å². The van der Waals surface area contributed by atoms with Gasteiger partial charge >= 0.3 is 0 Å². The Morgan fingerprint density at radius 2 is 1.96 bits per heavy atom. The molecule has 1 aliphatic heterocycles. The van der Waals surface area contributed by atoms with Crippen LogP contribution in [0.25, 0.3) is 10.9 Å². The molecule has 5 heteroatoms. The van der Waals surface area contributed by atoms with Crippen molar-refractivity contribution in [3.05, 3.63) is 65.9 Å². The van der Waals surface area contributed by atoms with E-state index in [1.54, 1.807) is 0 Å². The third-order valence-electron chi connectivity index (χ3n) is 5.22. The van der Waals surface area contributed by atoms with Crippen LogP contribution >= 0.6 is 0 Å². The molecule has 2 heterocycles. The van der Waals surface area contributed by atoms with Crippen LogP contribution in [0, 0.1) is 0 Å². The van der Waals surface area contributed by atoms with Crippen LogP contribution in [-0.4, -0.2) is 41.7 Å². The van der Waals surface area contributed by atoms with Gasteiger partial charge in [-0.05, 0) is 29.7 Å². The summed E-state index contributed by atoms with van der Waals surface area (Å²) in [4.78, 5) is 18.4. The minimum Gasteiger partial charge on any atom is -0.394 e. The summed E-state index contributed by atoms with van der Waals surface area (Å²) in [6, 6.07) is 15.5. The zero-order valence-electron chi connectivity index (χ0n) is 14.8. The predicted octanol–water partition coefficient (Wildman–Crippen LogP) is 2.25. The number of nitrogens with one attached hydrogen (secondary N) is 2. The molecule has 0 bridgehead atoms. The normalized spacial score (nSPS) is 20.4. The summed E-state index contributed by atoms with van der Waals surface area (Å²) >= 11 is 0. The molecule has 0 saturated carbocycles. The van der Waals surface area contributed by atoms with Gasteiger partial charge in [0.15, 0.2) is 0 Å². The Morgan fingerprint density at radius 1 is 1.15 bits per heavy atom. The molecule has 2 atom stereocenters. The number of aromatic nitrogens is 1. The SMILES string of the molecule is CN1c2cccc3[nH]cc(c23)C[C@@H](CO)NC(=O)[C@@H]1Cc1ccccc1. The molecule has 0 fully saturated rings. The number of H-pyrrole nitrogens is 1. The maximum absolute atomic E-state index is 13.0. The van der Waals surface area contributed by atoms with Gasteiger partial charge in [-0.15, -0.1) is 0 Å². The molecule has 0 saturated heterocycles. The first kappa shape index (κ1) is 16.7. The van der Waals surface area contributed by atoms with Crippen LogP contribution in [0.15, 0.2) is 54.7 Å². The van der Waals surface area contributed by atoms with E-state index in [9.17, 15) is 9.90 Å². The number of amides is 1. The lowest BCUT2D eigenvalue weighted by Gasteiger charge is -2.30. The fourth-order valence-corrected chi connectivity index (χ4v) is 3.82. The number of hydrogen-bond acceptors (Lipinski definition) is 3. The van der Waals surface area contributed by atoms with E-state index in [2.05, 4.69) is 21.3 Å². The highest BCUT2D eigenvalue weighted by atomic mass is 16.3. The zero-order valence-corrected chi connectivity index (χ0v) is 14.8. The molecule has 0 spiro atoms. The summed E-state index contributed by atoms with van der Waals surface area (Å²) in [5.74, 6) is -0.0541. The van der Waals surface area contributed by atoms with Crippen molar-refractivity contribution in [2.45, 2.75) is 24.9 Å². The maximum Gasteiger partial charge on any atom is 0.243 e. The second-order valence-electron chi connectivity index (χ2n) is 6.92. The molecule has 0 radical (unpaired) electrons. The molecule has 5 nitrogen and oxygen atoms in total. The summed E-state index contributed by atoms with van der Waals surface area (Å²) in [5.41, 5.74) is 4.31. The van der Waals surface area contributed by atoms with Crippen molar-refractivity contribution in [2.75, 3.05) is 18.6 Å². The predicted molar refractivity (Wildman–Crippen MR) is 103 cm³/mol. The van der Waals surface area contributed by atoms with E-state index in [4.69, 9.17) is 0 Å². The fraction of sp³-hybridized carbons (Fsp3) is 0.286. The Labute approximate surface area is 152 Å². The van der Waals surface area contributed by atoms with Crippen LogP contribution in [0.5, 0.6) is 0 Å². The van der Waals surface area contributed by atoms with Crippen LogP contribution in [-0.2, 0) is 17.6 Å². The lowest BCUT2D eigenvalue weighted by molar-refractivity contribution is -0.123. The number of aromatic amines is 1. The molecule has 2 aromatic carbocycles. The van der Waals surface area contributed by atoms with Crippen LogP contribution in [0.3, 0.4) is 0 Å². The van der Waals surface area contributed by atoms with Crippen LogP contribution in [0.4, 0.5) is 5.69 Å². The number of likely N-dealkylation sites (N-methyl/N-ethyl adjacent to an activating group) is 1. The summed E-state index contributed by atoms with van der Waals surface area (Å²) in [6.07, 6.45) is 3.19. The number of carbonyl (C=O) groups excluding carboxylic acids is 1. The average Bonchev–Trinajstić information content (AvgIpc) is 3.09. The van der Waals surface area contributed by atoms with Crippen LogP contribution in [0.2, 0.25) is 0 Å². The van der Waals surface area contributed by atoms with Gasteiger partial charge in [-0.1, -0.05) is 36.4 Å². The second-order valence-corrected chi connectivity index (χ2v) is 6.92. The highest BCUT2D eigenvalue weighted by Crippen LogP contribution is 2.32. The standard InChI is InChI=1S/C21H23N3O2/c1-24-18-9-5-8-17-20(18)15(12-22-17)11-16(13-25)23-21(26)19(24)10-14-6-3-2-4-7-14/h2-9,12,16,19,22,25H,10-11,13H2,1H3,(H,23,26)/t16-,19-/m0/s1. The Bertz CT molecular complexity index is 919. The van der Waals surface area contributed by atoms with Gasteiger partial charge in [0.25, 0.3) is 0 Å². The lowest BCUT2D eigenvalue weighted by atomic mass is 10.0. The van der Waals surface area contributed by atoms with Gasteiger partial charge in [-0.3, -0.25) is 4.79 Å². The van der Waals surface area contributed by atoms with E-state index in [0.717, 1.165) is 27.7 Å². The van der Waals surface area contributed by atoms with Gasteiger partial charge in [0.2, 0.25) is 5.91 Å². The molecule has 0 aliphatic carbocycles. The van der Waals surface area contributed by atoms with Crippen molar-refractivity contribution in [1.82, 2.24) is 10.3 Å². The smallest absolute Gasteiger partial charge is 0.243 e. The number of rotatable bonds is 3. The van der Waals surface area contributed by atoms with Crippen LogP contribution < -0.4 is 10.2 Å². The van der Waals surface area contributed by atoms with Gasteiger partial charge in [0.1, 0.15) is 6.04 Å². The van der Waals surface area contributed by atoms with Crippen molar-refractivity contribution >= 4 is 22.5 Å². The van der Waals surface area contributed by atoms with Gasteiger partial charge in [0.05, 0.1) is 12.6 Å². The molecule has 1 aliphatic rings. The Kier molecular flexibility index (Phi) is 4.39.